The van der Waals surface area contributed by atoms with Gasteiger partial charge in [0.25, 0.3) is 0 Å². The minimum atomic E-state index is 0.805. The highest BCUT2D eigenvalue weighted by Gasteiger charge is 1.98. The molecule has 1 heterocycles. The number of nitrogens with one attached hydrogen (secondary N) is 1. The van der Waals surface area contributed by atoms with Crippen molar-refractivity contribution in [2.75, 3.05) is 13.2 Å². The summed E-state index contributed by atoms with van der Waals surface area (Å²) in [5, 5.41) is 7.62. The highest BCUT2D eigenvalue weighted by molar-refractivity contribution is 5.27. The molecule has 0 unspecified atom stereocenters. The molecule has 4 heteroatoms. The zero-order chi connectivity index (χ0) is 14.9. The van der Waals surface area contributed by atoms with Gasteiger partial charge in [-0.25, -0.2) is 0 Å². The Morgan fingerprint density at radius 2 is 2.00 bits per heavy atom. The maximum atomic E-state index is 5.66. The topological polar surface area (TPSA) is 39.1 Å². The first kappa shape index (κ1) is 15.6. The van der Waals surface area contributed by atoms with Gasteiger partial charge in [-0.15, -0.1) is 0 Å². The molecule has 0 fully saturated rings. The lowest BCUT2D eigenvalue weighted by Gasteiger charge is -2.07. The van der Waals surface area contributed by atoms with E-state index in [4.69, 9.17) is 4.74 Å². The van der Waals surface area contributed by atoms with Gasteiger partial charge in [-0.05, 0) is 42.6 Å². The van der Waals surface area contributed by atoms with Crippen molar-refractivity contribution in [3.8, 4) is 5.75 Å². The minimum Gasteiger partial charge on any atom is -0.494 e. The molecule has 0 saturated heterocycles. The monoisotopic (exact) mass is 287 g/mol. The first-order chi connectivity index (χ1) is 10.3. The molecule has 0 spiro atoms. The second-order valence-corrected chi connectivity index (χ2v) is 5.29. The minimum absolute atomic E-state index is 0.805. The van der Waals surface area contributed by atoms with Crippen LogP contribution in [0.15, 0.2) is 36.7 Å². The molecule has 1 N–H and O–H groups in total. The zero-order valence-corrected chi connectivity index (χ0v) is 13.0. The largest absolute Gasteiger partial charge is 0.494 e. The maximum absolute atomic E-state index is 5.66. The van der Waals surface area contributed by atoms with Crippen LogP contribution >= 0.6 is 0 Å². The standard InChI is InChI=1S/C17H25N3O/c1-3-4-11-21-17-7-5-15(6-8-17)12-18-10-9-16-13-19-20(2)14-16/h5-8,13-14,18H,3-4,9-12H2,1-2H3. The van der Waals surface area contributed by atoms with Crippen molar-refractivity contribution in [2.45, 2.75) is 32.7 Å². The molecule has 114 valence electrons. The molecule has 1 aromatic heterocycles. The van der Waals surface area contributed by atoms with Crippen molar-refractivity contribution in [1.29, 1.82) is 0 Å². The van der Waals surface area contributed by atoms with Gasteiger partial charge in [-0.2, -0.15) is 5.10 Å². The van der Waals surface area contributed by atoms with Gasteiger partial charge in [0.05, 0.1) is 12.8 Å². The molecule has 1 aromatic carbocycles. The lowest BCUT2D eigenvalue weighted by atomic mass is 10.2. The summed E-state index contributed by atoms with van der Waals surface area (Å²) in [5.41, 5.74) is 2.55. The van der Waals surface area contributed by atoms with Gasteiger partial charge in [-0.1, -0.05) is 25.5 Å². The van der Waals surface area contributed by atoms with Crippen LogP contribution in [0.2, 0.25) is 0 Å². The van der Waals surface area contributed by atoms with Crippen molar-refractivity contribution < 1.29 is 4.74 Å². The van der Waals surface area contributed by atoms with Crippen LogP contribution in [0.5, 0.6) is 5.75 Å². The molecule has 4 nitrogen and oxygen atoms in total. The highest BCUT2D eigenvalue weighted by atomic mass is 16.5. The van der Waals surface area contributed by atoms with Gasteiger partial charge in [0.2, 0.25) is 0 Å². The molecule has 21 heavy (non-hydrogen) atoms. The Balaban J connectivity index is 1.66. The van der Waals surface area contributed by atoms with Gasteiger partial charge >= 0.3 is 0 Å². The van der Waals surface area contributed by atoms with Gasteiger partial charge in [0.1, 0.15) is 5.75 Å². The van der Waals surface area contributed by atoms with Crippen LogP contribution in [-0.2, 0) is 20.0 Å². The summed E-state index contributed by atoms with van der Waals surface area (Å²) in [5.74, 6) is 0.961. The first-order valence-electron chi connectivity index (χ1n) is 7.68. The zero-order valence-electron chi connectivity index (χ0n) is 13.0. The average molecular weight is 287 g/mol. The average Bonchev–Trinajstić information content (AvgIpc) is 2.91. The van der Waals surface area contributed by atoms with Crippen molar-refractivity contribution in [1.82, 2.24) is 15.1 Å². The van der Waals surface area contributed by atoms with Crippen LogP contribution in [0, 0.1) is 0 Å². The van der Waals surface area contributed by atoms with E-state index in [0.717, 1.165) is 38.3 Å². The molecule has 0 bridgehead atoms. The predicted molar refractivity (Wildman–Crippen MR) is 85.5 cm³/mol. The number of hydrogen-bond donors (Lipinski definition) is 1. The van der Waals surface area contributed by atoms with Crippen molar-refractivity contribution >= 4 is 0 Å². The SMILES string of the molecule is CCCCOc1ccc(CNCCc2cnn(C)c2)cc1. The van der Waals surface area contributed by atoms with Gasteiger partial charge in [0.15, 0.2) is 0 Å². The van der Waals surface area contributed by atoms with Crippen molar-refractivity contribution in [3.63, 3.8) is 0 Å². The molecular weight excluding hydrogens is 262 g/mol. The fraction of sp³-hybridized carbons (Fsp3) is 0.471. The normalized spacial score (nSPS) is 10.8. The van der Waals surface area contributed by atoms with Gasteiger partial charge in [-0.3, -0.25) is 4.68 Å². The summed E-state index contributed by atoms with van der Waals surface area (Å²) < 4.78 is 7.50. The summed E-state index contributed by atoms with van der Waals surface area (Å²) in [4.78, 5) is 0. The number of unbranched alkanes of at least 4 members (excludes halogenated alkanes) is 1. The Morgan fingerprint density at radius 1 is 1.19 bits per heavy atom. The van der Waals surface area contributed by atoms with E-state index in [0.29, 0.717) is 0 Å². The summed E-state index contributed by atoms with van der Waals surface area (Å²) >= 11 is 0. The Labute approximate surface area is 127 Å². The molecule has 0 aliphatic heterocycles. The van der Waals surface area contributed by atoms with E-state index in [1.54, 1.807) is 0 Å². The van der Waals surface area contributed by atoms with Crippen LogP contribution in [0.4, 0.5) is 0 Å². The summed E-state index contributed by atoms with van der Waals surface area (Å²) in [6.45, 7) is 4.82. The quantitative estimate of drug-likeness (QED) is 0.721. The maximum Gasteiger partial charge on any atom is 0.119 e. The smallest absolute Gasteiger partial charge is 0.119 e. The van der Waals surface area contributed by atoms with E-state index in [9.17, 15) is 0 Å². The Bertz CT molecular complexity index is 519. The van der Waals surface area contributed by atoms with Crippen LogP contribution in [0.1, 0.15) is 30.9 Å². The summed E-state index contributed by atoms with van der Waals surface area (Å²) in [6, 6.07) is 8.35. The van der Waals surface area contributed by atoms with Gasteiger partial charge in [0, 0.05) is 19.8 Å². The number of aromatic nitrogens is 2. The van der Waals surface area contributed by atoms with E-state index >= 15 is 0 Å². The first-order valence-corrected chi connectivity index (χ1v) is 7.68. The third-order valence-corrected chi connectivity index (χ3v) is 3.37. The van der Waals surface area contributed by atoms with Crippen LogP contribution < -0.4 is 10.1 Å². The van der Waals surface area contributed by atoms with Crippen molar-refractivity contribution in [2.24, 2.45) is 7.05 Å². The van der Waals surface area contributed by atoms with Crippen LogP contribution in [0.3, 0.4) is 0 Å². The summed E-state index contributed by atoms with van der Waals surface area (Å²) in [6.07, 6.45) is 7.26. The number of rotatable bonds is 9. The van der Waals surface area contributed by atoms with Crippen LogP contribution in [0.25, 0.3) is 0 Å². The molecule has 0 aliphatic rings. The second-order valence-electron chi connectivity index (χ2n) is 5.29. The fourth-order valence-electron chi connectivity index (χ4n) is 2.10. The van der Waals surface area contributed by atoms with E-state index < -0.39 is 0 Å². The van der Waals surface area contributed by atoms with E-state index in [1.807, 2.05) is 30.1 Å². The molecule has 0 aliphatic carbocycles. The van der Waals surface area contributed by atoms with E-state index in [1.165, 1.54) is 17.5 Å². The molecule has 0 saturated carbocycles. The van der Waals surface area contributed by atoms with Crippen LogP contribution in [-0.4, -0.2) is 22.9 Å². The molecule has 0 atom stereocenters. The number of nitrogens with zero attached hydrogens (tertiary/aromatic N) is 2. The van der Waals surface area contributed by atoms with Crippen molar-refractivity contribution in [3.05, 3.63) is 47.8 Å². The fourth-order valence-corrected chi connectivity index (χ4v) is 2.10. The predicted octanol–water partition coefficient (Wildman–Crippen LogP) is 2.93. The molecule has 2 aromatic rings. The Hall–Kier alpha value is -1.81. The Kier molecular flexibility index (Phi) is 6.28. The third-order valence-electron chi connectivity index (χ3n) is 3.37. The molecule has 0 radical (unpaired) electrons. The third kappa shape index (κ3) is 5.60. The molecular formula is C17H25N3O. The molecule has 0 amide bonds. The number of ether oxygens (including phenoxy) is 1. The number of hydrogen-bond acceptors (Lipinski definition) is 3. The Morgan fingerprint density at radius 3 is 2.67 bits per heavy atom. The van der Waals surface area contributed by atoms with E-state index in [2.05, 4.69) is 35.7 Å². The summed E-state index contributed by atoms with van der Waals surface area (Å²) in [7, 11) is 1.95. The highest BCUT2D eigenvalue weighted by Crippen LogP contribution is 2.12. The second kappa shape index (κ2) is 8.47. The lowest BCUT2D eigenvalue weighted by Crippen LogP contribution is -2.16. The number of benzene rings is 1. The van der Waals surface area contributed by atoms with E-state index in [-0.39, 0.29) is 0 Å². The van der Waals surface area contributed by atoms with Gasteiger partial charge < -0.3 is 10.1 Å². The number of aryl methyl sites for hydroxylation is 1. The molecule has 2 rings (SSSR count). The lowest BCUT2D eigenvalue weighted by molar-refractivity contribution is 0.309.